The zero-order valence-corrected chi connectivity index (χ0v) is 21.7. The van der Waals surface area contributed by atoms with Gasteiger partial charge in [-0.1, -0.05) is 12.1 Å². The maximum atomic E-state index is 13.2. The van der Waals surface area contributed by atoms with Gasteiger partial charge in [0, 0.05) is 68.0 Å². The second kappa shape index (κ2) is 11.5. The van der Waals surface area contributed by atoms with Crippen molar-refractivity contribution in [2.45, 2.75) is 62.6 Å². The summed E-state index contributed by atoms with van der Waals surface area (Å²) >= 11 is 0. The quantitative estimate of drug-likeness (QED) is 0.528. The summed E-state index contributed by atoms with van der Waals surface area (Å²) in [4.78, 5) is 34.7. The normalized spacial score (nSPS) is 27.3. The lowest BCUT2D eigenvalue weighted by molar-refractivity contribution is -0.134. The van der Waals surface area contributed by atoms with Gasteiger partial charge in [-0.05, 0) is 62.8 Å². The van der Waals surface area contributed by atoms with Crippen molar-refractivity contribution >= 4 is 28.7 Å². The van der Waals surface area contributed by atoms with Crippen LogP contribution in [0.2, 0.25) is 0 Å². The fourth-order valence-electron chi connectivity index (χ4n) is 6.31. The van der Waals surface area contributed by atoms with Crippen molar-refractivity contribution in [2.75, 3.05) is 20.7 Å². The Morgan fingerprint density at radius 3 is 2.35 bits per heavy atom. The minimum atomic E-state index is -1.26. The summed E-state index contributed by atoms with van der Waals surface area (Å²) in [5.41, 5.74) is 4.23. The Balaban J connectivity index is 0.000000349. The van der Waals surface area contributed by atoms with Gasteiger partial charge in [0.05, 0.1) is 12.0 Å². The number of aliphatic carboxylic acids is 2. The van der Waals surface area contributed by atoms with E-state index in [4.69, 9.17) is 14.9 Å². The number of likely N-dealkylation sites (tertiary alicyclic amines) is 1. The molecule has 3 atom stereocenters. The third-order valence-electron chi connectivity index (χ3n) is 8.12. The highest BCUT2D eigenvalue weighted by atomic mass is 16.5. The van der Waals surface area contributed by atoms with Crippen molar-refractivity contribution in [3.63, 3.8) is 0 Å². The predicted octanol–water partition coefficient (Wildman–Crippen LogP) is 2.92. The number of carbonyl (C=O) groups excluding carboxylic acids is 1. The number of hydrogen-bond acceptors (Lipinski definition) is 5. The summed E-state index contributed by atoms with van der Waals surface area (Å²) in [6.07, 6.45) is 10.00. The molecule has 37 heavy (non-hydrogen) atoms. The van der Waals surface area contributed by atoms with Crippen LogP contribution in [-0.4, -0.2) is 76.4 Å². The number of likely N-dealkylation sites (N-methyl/N-ethyl adjacent to an activating group) is 1. The van der Waals surface area contributed by atoms with E-state index in [1.807, 2.05) is 0 Å². The Morgan fingerprint density at radius 1 is 1.05 bits per heavy atom. The molecule has 1 aromatic carbocycles. The zero-order chi connectivity index (χ0) is 26.7. The number of aryl methyl sites for hydroxylation is 1. The molecule has 3 N–H and O–H groups in total. The van der Waals surface area contributed by atoms with E-state index in [1.54, 1.807) is 7.11 Å². The van der Waals surface area contributed by atoms with Crippen LogP contribution in [0.4, 0.5) is 0 Å². The Bertz CT molecular complexity index is 1160. The Labute approximate surface area is 217 Å². The monoisotopic (exact) mass is 511 g/mol. The van der Waals surface area contributed by atoms with E-state index in [9.17, 15) is 14.4 Å². The standard InChI is InChI=1S/C24H33N3O2.C4H4O4/c1-26-13-15-12-22-20(19-5-4-6-21(26)23(15)19)11-16(14-27(22)2)24(28)25-17-7-9-18(29-3)10-8-17;5-3(6)1-2-4(7)8/h4-6,13,16-18,20,22H,7-12,14H2,1-3H3,(H,25,28);1-2H,(H,5,6)(H,7,8)/b;2-1-/t16-,17?,18?,20-,22-;/m1./s1. The van der Waals surface area contributed by atoms with Crippen LogP contribution in [0.25, 0.3) is 10.9 Å². The molecule has 1 aromatic heterocycles. The average Bonchev–Trinajstić information content (AvgIpc) is 3.20. The molecule has 2 aliphatic carbocycles. The molecule has 5 rings (SSSR count). The SMILES string of the molecule is COC1CCC(NC(=O)[C@@H]2C[C@@H]3c4cccc5c4c(cn5C)C[C@H]3N(C)C2)CC1.O=C(O)/C=C\C(=O)O. The van der Waals surface area contributed by atoms with Gasteiger partial charge in [-0.25, -0.2) is 9.59 Å². The number of carboxylic acid groups (broad SMARTS) is 2. The summed E-state index contributed by atoms with van der Waals surface area (Å²) < 4.78 is 7.73. The van der Waals surface area contributed by atoms with E-state index in [0.29, 0.717) is 36.3 Å². The smallest absolute Gasteiger partial charge is 0.328 e. The number of fused-ring (bicyclic) bond motifs is 2. The van der Waals surface area contributed by atoms with Crippen LogP contribution in [0, 0.1) is 5.92 Å². The molecule has 9 nitrogen and oxygen atoms in total. The maximum absolute atomic E-state index is 13.2. The third kappa shape index (κ3) is 6.05. The molecule has 3 aliphatic rings. The number of piperidine rings is 1. The number of methoxy groups -OCH3 is 1. The van der Waals surface area contributed by atoms with Gasteiger partial charge in [0.1, 0.15) is 0 Å². The maximum Gasteiger partial charge on any atom is 0.328 e. The van der Waals surface area contributed by atoms with Gasteiger partial charge >= 0.3 is 11.9 Å². The fourth-order valence-corrected chi connectivity index (χ4v) is 6.31. The number of rotatable bonds is 5. The summed E-state index contributed by atoms with van der Waals surface area (Å²) in [6.45, 7) is 0.860. The van der Waals surface area contributed by atoms with Gasteiger partial charge < -0.3 is 29.7 Å². The molecule has 0 unspecified atom stereocenters. The molecule has 1 amide bonds. The molecule has 2 aromatic rings. The van der Waals surface area contributed by atoms with Crippen molar-refractivity contribution in [1.29, 1.82) is 0 Å². The summed E-state index contributed by atoms with van der Waals surface area (Å²) in [7, 11) is 6.14. The van der Waals surface area contributed by atoms with Crippen LogP contribution in [0.3, 0.4) is 0 Å². The molecular formula is C28H37N3O6. The molecule has 1 saturated carbocycles. The third-order valence-corrected chi connectivity index (χ3v) is 8.12. The highest BCUT2D eigenvalue weighted by molar-refractivity contribution is 5.90. The van der Waals surface area contributed by atoms with Gasteiger partial charge in [0.2, 0.25) is 5.91 Å². The Hall–Kier alpha value is -3.17. The second-order valence-corrected chi connectivity index (χ2v) is 10.5. The van der Waals surface area contributed by atoms with Crippen LogP contribution < -0.4 is 5.32 Å². The second-order valence-electron chi connectivity index (χ2n) is 10.5. The molecule has 1 aliphatic heterocycles. The molecule has 1 saturated heterocycles. The van der Waals surface area contributed by atoms with Crippen LogP contribution in [0.15, 0.2) is 36.5 Å². The number of amides is 1. The van der Waals surface area contributed by atoms with Crippen molar-refractivity contribution < 1.29 is 29.3 Å². The van der Waals surface area contributed by atoms with Crippen molar-refractivity contribution in [2.24, 2.45) is 13.0 Å². The van der Waals surface area contributed by atoms with Gasteiger partial charge in [0.25, 0.3) is 0 Å². The number of carbonyl (C=O) groups is 3. The van der Waals surface area contributed by atoms with E-state index < -0.39 is 11.9 Å². The number of nitrogens with zero attached hydrogens (tertiary/aromatic N) is 2. The van der Waals surface area contributed by atoms with Crippen LogP contribution >= 0.6 is 0 Å². The van der Waals surface area contributed by atoms with Gasteiger partial charge in [-0.2, -0.15) is 0 Å². The van der Waals surface area contributed by atoms with Crippen molar-refractivity contribution in [3.8, 4) is 0 Å². The highest BCUT2D eigenvalue weighted by Gasteiger charge is 2.42. The first-order chi connectivity index (χ1) is 17.7. The minimum Gasteiger partial charge on any atom is -0.478 e. The van der Waals surface area contributed by atoms with E-state index in [1.165, 1.54) is 22.0 Å². The highest BCUT2D eigenvalue weighted by Crippen LogP contribution is 2.44. The van der Waals surface area contributed by atoms with Gasteiger partial charge in [-0.15, -0.1) is 0 Å². The lowest BCUT2D eigenvalue weighted by atomic mass is 9.72. The van der Waals surface area contributed by atoms with Crippen LogP contribution in [0.1, 0.15) is 49.1 Å². The number of nitrogens with one attached hydrogen (secondary N) is 1. The van der Waals surface area contributed by atoms with E-state index in [-0.39, 0.29) is 11.8 Å². The fraction of sp³-hybridized carbons (Fsp3) is 0.536. The molecule has 9 heteroatoms. The molecule has 200 valence electrons. The van der Waals surface area contributed by atoms with Crippen LogP contribution in [-0.2, 0) is 32.6 Å². The van der Waals surface area contributed by atoms with E-state index >= 15 is 0 Å². The van der Waals surface area contributed by atoms with Crippen LogP contribution in [0.5, 0.6) is 0 Å². The minimum absolute atomic E-state index is 0.0712. The number of hydrogen-bond donors (Lipinski definition) is 3. The molecule has 2 fully saturated rings. The zero-order valence-electron chi connectivity index (χ0n) is 21.7. The first-order valence-corrected chi connectivity index (χ1v) is 12.9. The largest absolute Gasteiger partial charge is 0.478 e. The summed E-state index contributed by atoms with van der Waals surface area (Å²) in [5, 5.41) is 20.4. The predicted molar refractivity (Wildman–Crippen MR) is 139 cm³/mol. The number of benzene rings is 1. The summed E-state index contributed by atoms with van der Waals surface area (Å²) in [6, 6.07) is 7.50. The van der Waals surface area contributed by atoms with Gasteiger partial charge in [-0.3, -0.25) is 4.79 Å². The first-order valence-electron chi connectivity index (χ1n) is 12.9. The van der Waals surface area contributed by atoms with Gasteiger partial charge in [0.15, 0.2) is 0 Å². The number of ether oxygens (including phenoxy) is 1. The summed E-state index contributed by atoms with van der Waals surface area (Å²) in [5.74, 6) is -1.75. The van der Waals surface area contributed by atoms with E-state index in [2.05, 4.69) is 53.3 Å². The molecule has 0 radical (unpaired) electrons. The first kappa shape index (κ1) is 26.9. The molecule has 0 spiro atoms. The molecular weight excluding hydrogens is 474 g/mol. The van der Waals surface area contributed by atoms with Crippen molar-refractivity contribution in [1.82, 2.24) is 14.8 Å². The Morgan fingerprint density at radius 2 is 1.73 bits per heavy atom. The lowest BCUT2D eigenvalue weighted by Crippen LogP contribution is -2.52. The van der Waals surface area contributed by atoms with E-state index in [0.717, 1.165) is 45.1 Å². The lowest BCUT2D eigenvalue weighted by Gasteiger charge is -2.45. The molecule has 0 bridgehead atoms. The number of aromatic nitrogens is 1. The average molecular weight is 512 g/mol. The Kier molecular flexibility index (Phi) is 8.34. The molecule has 2 heterocycles. The topological polar surface area (TPSA) is 121 Å². The van der Waals surface area contributed by atoms with Crippen molar-refractivity contribution in [3.05, 3.63) is 47.7 Å². The number of carboxylic acids is 2.